The molecule has 2 rings (SSSR count). The standard InChI is InChI=1S/C15H21Cl2N/c1-2-18-10-13-7-3-5-11(13)9-12-6-4-8-14(16)15(12)17/h4,6,8,11,13,18H,2-3,5,7,9-10H2,1H3. The normalized spacial score (nSPS) is 23.5. The van der Waals surface area contributed by atoms with Crippen LogP contribution in [0.4, 0.5) is 0 Å². The molecule has 1 aromatic carbocycles. The minimum absolute atomic E-state index is 0.676. The summed E-state index contributed by atoms with van der Waals surface area (Å²) in [5.41, 5.74) is 1.21. The van der Waals surface area contributed by atoms with Crippen LogP contribution in [0.15, 0.2) is 18.2 Å². The van der Waals surface area contributed by atoms with Gasteiger partial charge in [0.15, 0.2) is 0 Å². The molecule has 0 aliphatic heterocycles. The Morgan fingerprint density at radius 3 is 2.78 bits per heavy atom. The summed E-state index contributed by atoms with van der Waals surface area (Å²) in [5, 5.41) is 4.89. The molecule has 100 valence electrons. The van der Waals surface area contributed by atoms with Gasteiger partial charge in [-0.05, 0) is 55.8 Å². The van der Waals surface area contributed by atoms with E-state index in [2.05, 4.69) is 18.3 Å². The zero-order valence-electron chi connectivity index (χ0n) is 10.9. The third-order valence-electron chi connectivity index (χ3n) is 3.99. The highest BCUT2D eigenvalue weighted by Crippen LogP contribution is 2.36. The fraction of sp³-hybridized carbons (Fsp3) is 0.600. The molecule has 2 atom stereocenters. The van der Waals surface area contributed by atoms with Gasteiger partial charge in [0.05, 0.1) is 10.0 Å². The third-order valence-corrected chi connectivity index (χ3v) is 4.84. The number of benzene rings is 1. The van der Waals surface area contributed by atoms with Gasteiger partial charge in [-0.25, -0.2) is 0 Å². The van der Waals surface area contributed by atoms with Gasteiger partial charge in [0.2, 0.25) is 0 Å². The second kappa shape index (κ2) is 6.79. The maximum absolute atomic E-state index is 6.28. The van der Waals surface area contributed by atoms with Crippen LogP contribution in [0.3, 0.4) is 0 Å². The van der Waals surface area contributed by atoms with Crippen LogP contribution < -0.4 is 5.32 Å². The fourth-order valence-corrected chi connectivity index (χ4v) is 3.37. The van der Waals surface area contributed by atoms with E-state index >= 15 is 0 Å². The lowest BCUT2D eigenvalue weighted by molar-refractivity contribution is 0.368. The molecule has 1 saturated carbocycles. The van der Waals surface area contributed by atoms with Crippen molar-refractivity contribution >= 4 is 23.2 Å². The van der Waals surface area contributed by atoms with Gasteiger partial charge in [-0.15, -0.1) is 0 Å². The predicted molar refractivity (Wildman–Crippen MR) is 79.5 cm³/mol. The molecule has 0 heterocycles. The molecule has 1 aliphatic carbocycles. The van der Waals surface area contributed by atoms with Gasteiger partial charge < -0.3 is 5.32 Å². The second-order valence-corrected chi connectivity index (χ2v) is 5.96. The van der Waals surface area contributed by atoms with Crippen molar-refractivity contribution in [2.24, 2.45) is 11.8 Å². The number of halogens is 2. The van der Waals surface area contributed by atoms with Crippen molar-refractivity contribution in [2.75, 3.05) is 13.1 Å². The van der Waals surface area contributed by atoms with Gasteiger partial charge in [-0.1, -0.05) is 48.7 Å². The zero-order chi connectivity index (χ0) is 13.0. The number of hydrogen-bond acceptors (Lipinski definition) is 1. The van der Waals surface area contributed by atoms with Gasteiger partial charge in [-0.2, -0.15) is 0 Å². The lowest BCUT2D eigenvalue weighted by atomic mass is 9.89. The number of rotatable bonds is 5. The lowest BCUT2D eigenvalue weighted by Crippen LogP contribution is -2.26. The third kappa shape index (κ3) is 3.40. The molecule has 1 nitrogen and oxygen atoms in total. The minimum Gasteiger partial charge on any atom is -0.317 e. The van der Waals surface area contributed by atoms with Gasteiger partial charge in [0.25, 0.3) is 0 Å². The molecular formula is C15H21Cl2N. The maximum Gasteiger partial charge on any atom is 0.0624 e. The van der Waals surface area contributed by atoms with E-state index in [-0.39, 0.29) is 0 Å². The predicted octanol–water partition coefficient (Wildman–Crippen LogP) is 4.56. The van der Waals surface area contributed by atoms with E-state index in [1.54, 1.807) is 0 Å². The van der Waals surface area contributed by atoms with Crippen molar-refractivity contribution in [1.82, 2.24) is 5.32 Å². The van der Waals surface area contributed by atoms with E-state index in [0.717, 1.165) is 36.4 Å². The summed E-state index contributed by atoms with van der Waals surface area (Å²) >= 11 is 12.4. The van der Waals surface area contributed by atoms with Crippen LogP contribution in [0.2, 0.25) is 10.0 Å². The van der Waals surface area contributed by atoms with Crippen LogP contribution in [0.25, 0.3) is 0 Å². The van der Waals surface area contributed by atoms with Crippen molar-refractivity contribution in [2.45, 2.75) is 32.6 Å². The molecule has 0 spiro atoms. The average Bonchev–Trinajstić information content (AvgIpc) is 2.80. The summed E-state index contributed by atoms with van der Waals surface area (Å²) in [6, 6.07) is 5.97. The SMILES string of the molecule is CCNCC1CCCC1Cc1cccc(Cl)c1Cl. The monoisotopic (exact) mass is 285 g/mol. The summed E-state index contributed by atoms with van der Waals surface area (Å²) < 4.78 is 0. The van der Waals surface area contributed by atoms with Crippen molar-refractivity contribution in [3.8, 4) is 0 Å². The van der Waals surface area contributed by atoms with E-state index in [4.69, 9.17) is 23.2 Å². The summed E-state index contributed by atoms with van der Waals surface area (Å²) in [7, 11) is 0. The van der Waals surface area contributed by atoms with E-state index in [9.17, 15) is 0 Å². The highest BCUT2D eigenvalue weighted by Gasteiger charge is 2.27. The van der Waals surface area contributed by atoms with E-state index < -0.39 is 0 Å². The molecule has 3 heteroatoms. The fourth-order valence-electron chi connectivity index (χ4n) is 2.97. The molecule has 1 N–H and O–H groups in total. The first kappa shape index (κ1) is 14.2. The van der Waals surface area contributed by atoms with Crippen LogP contribution in [0.5, 0.6) is 0 Å². The average molecular weight is 286 g/mol. The Morgan fingerprint density at radius 2 is 2.00 bits per heavy atom. The number of hydrogen-bond donors (Lipinski definition) is 1. The molecule has 0 bridgehead atoms. The molecule has 0 aromatic heterocycles. The zero-order valence-corrected chi connectivity index (χ0v) is 12.4. The molecule has 0 amide bonds. The van der Waals surface area contributed by atoms with E-state index in [1.165, 1.54) is 24.8 Å². The van der Waals surface area contributed by atoms with Gasteiger partial charge in [0, 0.05) is 0 Å². The van der Waals surface area contributed by atoms with Crippen molar-refractivity contribution in [1.29, 1.82) is 0 Å². The highest BCUT2D eigenvalue weighted by atomic mass is 35.5. The Hall–Kier alpha value is -0.240. The highest BCUT2D eigenvalue weighted by molar-refractivity contribution is 6.42. The Bertz CT molecular complexity index is 392. The smallest absolute Gasteiger partial charge is 0.0624 e. The van der Waals surface area contributed by atoms with Crippen LogP contribution in [0, 0.1) is 11.8 Å². The van der Waals surface area contributed by atoms with E-state index in [1.807, 2.05) is 12.1 Å². The molecule has 18 heavy (non-hydrogen) atoms. The Kier molecular flexibility index (Phi) is 5.35. The molecule has 1 aliphatic rings. The Morgan fingerprint density at radius 1 is 1.22 bits per heavy atom. The van der Waals surface area contributed by atoms with Crippen molar-refractivity contribution in [3.05, 3.63) is 33.8 Å². The first-order chi connectivity index (χ1) is 8.72. The van der Waals surface area contributed by atoms with Crippen LogP contribution >= 0.6 is 23.2 Å². The Labute approximate surface area is 120 Å². The molecule has 1 aromatic rings. The van der Waals surface area contributed by atoms with Crippen LogP contribution in [-0.4, -0.2) is 13.1 Å². The molecule has 0 radical (unpaired) electrons. The quantitative estimate of drug-likeness (QED) is 0.836. The maximum atomic E-state index is 6.28. The molecule has 1 fully saturated rings. The van der Waals surface area contributed by atoms with Crippen LogP contribution in [0.1, 0.15) is 31.7 Å². The molecule has 2 unspecified atom stereocenters. The first-order valence-electron chi connectivity index (χ1n) is 6.86. The summed E-state index contributed by atoms with van der Waals surface area (Å²) in [4.78, 5) is 0. The lowest BCUT2D eigenvalue weighted by Gasteiger charge is -2.20. The van der Waals surface area contributed by atoms with E-state index in [0.29, 0.717) is 5.02 Å². The first-order valence-corrected chi connectivity index (χ1v) is 7.61. The van der Waals surface area contributed by atoms with Gasteiger partial charge in [-0.3, -0.25) is 0 Å². The Balaban J connectivity index is 2.01. The second-order valence-electron chi connectivity index (χ2n) is 5.18. The van der Waals surface area contributed by atoms with Crippen molar-refractivity contribution < 1.29 is 0 Å². The van der Waals surface area contributed by atoms with Crippen molar-refractivity contribution in [3.63, 3.8) is 0 Å². The summed E-state index contributed by atoms with van der Waals surface area (Å²) in [5.74, 6) is 1.54. The van der Waals surface area contributed by atoms with Crippen LogP contribution in [-0.2, 0) is 6.42 Å². The number of nitrogens with one attached hydrogen (secondary N) is 1. The molecular weight excluding hydrogens is 265 g/mol. The summed E-state index contributed by atoms with van der Waals surface area (Å²) in [6.45, 7) is 4.36. The summed E-state index contributed by atoms with van der Waals surface area (Å²) in [6.07, 6.45) is 5.07. The largest absolute Gasteiger partial charge is 0.317 e. The molecule has 0 saturated heterocycles. The van der Waals surface area contributed by atoms with Gasteiger partial charge in [0.1, 0.15) is 0 Å². The minimum atomic E-state index is 0.676. The van der Waals surface area contributed by atoms with Gasteiger partial charge >= 0.3 is 0 Å². The topological polar surface area (TPSA) is 12.0 Å².